The fourth-order valence-corrected chi connectivity index (χ4v) is 3.03. The highest BCUT2D eigenvalue weighted by atomic mass is 16.6. The predicted molar refractivity (Wildman–Crippen MR) is 106 cm³/mol. The highest BCUT2D eigenvalue weighted by molar-refractivity contribution is 5.99. The molecule has 160 valence electrons. The minimum absolute atomic E-state index is 0.0411. The van der Waals surface area contributed by atoms with Crippen LogP contribution in [0, 0.1) is 0 Å². The lowest BCUT2D eigenvalue weighted by Crippen LogP contribution is -2.41. The average Bonchev–Trinajstić information content (AvgIpc) is 2.97. The number of amides is 2. The molecule has 1 fully saturated rings. The first-order valence-electron chi connectivity index (χ1n) is 9.75. The van der Waals surface area contributed by atoms with E-state index in [0.717, 1.165) is 6.42 Å². The van der Waals surface area contributed by atoms with Gasteiger partial charge in [0.25, 0.3) is 0 Å². The molecular formula is C19H34N4O5. The summed E-state index contributed by atoms with van der Waals surface area (Å²) in [5, 5.41) is 13.5. The number of aliphatic imine (C=N–C) groups is 1. The zero-order chi connectivity index (χ0) is 21.1. The van der Waals surface area contributed by atoms with E-state index in [0.29, 0.717) is 44.4 Å². The number of aliphatic hydroxyl groups is 1. The molecule has 9 heteroatoms. The van der Waals surface area contributed by atoms with Gasteiger partial charge in [0.1, 0.15) is 18.0 Å². The third kappa shape index (κ3) is 7.21. The minimum atomic E-state index is -0.849. The molecule has 0 aromatic carbocycles. The number of carbonyl (C=O) groups excluding carboxylic acids is 2. The number of likely N-dealkylation sites (N-methyl/N-ethyl adjacent to an activating group) is 1. The van der Waals surface area contributed by atoms with Gasteiger partial charge in [-0.25, -0.2) is 0 Å². The van der Waals surface area contributed by atoms with E-state index in [1.165, 1.54) is 0 Å². The molecule has 0 aliphatic carbocycles. The summed E-state index contributed by atoms with van der Waals surface area (Å²) in [7, 11) is 1.75. The number of amidine groups is 1. The van der Waals surface area contributed by atoms with Crippen LogP contribution in [0.15, 0.2) is 16.8 Å². The Morgan fingerprint density at radius 3 is 2.75 bits per heavy atom. The number of rotatable bonds is 12. The first-order chi connectivity index (χ1) is 13.3. The summed E-state index contributed by atoms with van der Waals surface area (Å²) in [6, 6.07) is 0. The van der Waals surface area contributed by atoms with Crippen molar-refractivity contribution >= 4 is 18.2 Å². The number of nitrogens with two attached hydrogens (primary N) is 1. The van der Waals surface area contributed by atoms with Crippen molar-refractivity contribution in [2.75, 3.05) is 20.2 Å². The molecule has 1 rings (SSSR count). The van der Waals surface area contributed by atoms with Crippen molar-refractivity contribution in [3.63, 3.8) is 0 Å². The second kappa shape index (κ2) is 12.5. The molecule has 0 spiro atoms. The van der Waals surface area contributed by atoms with Crippen molar-refractivity contribution in [1.82, 2.24) is 10.2 Å². The Balaban J connectivity index is 2.58. The van der Waals surface area contributed by atoms with E-state index in [1.54, 1.807) is 25.1 Å². The van der Waals surface area contributed by atoms with Gasteiger partial charge in [0.05, 0.1) is 6.10 Å². The molecule has 28 heavy (non-hydrogen) atoms. The fourth-order valence-electron chi connectivity index (χ4n) is 3.03. The molecule has 4 N–H and O–H groups in total. The molecule has 0 saturated carbocycles. The first kappa shape index (κ1) is 24.1. The molecule has 4 atom stereocenters. The fraction of sp³-hybridized carbons (Fsp3) is 0.737. The number of aliphatic hydroxyl groups excluding tert-OH is 1. The van der Waals surface area contributed by atoms with E-state index in [1.807, 2.05) is 13.8 Å². The summed E-state index contributed by atoms with van der Waals surface area (Å²) in [6.45, 7) is 6.61. The largest absolute Gasteiger partial charge is 0.386 e. The smallest absolute Gasteiger partial charge is 0.234 e. The number of nitrogens with zero attached hydrogens (tertiary/aromatic N) is 2. The second-order valence-electron chi connectivity index (χ2n) is 6.85. The van der Waals surface area contributed by atoms with Crippen molar-refractivity contribution in [3.05, 3.63) is 11.8 Å². The Hall–Kier alpha value is -1.97. The van der Waals surface area contributed by atoms with Crippen molar-refractivity contribution in [2.24, 2.45) is 10.7 Å². The summed E-state index contributed by atoms with van der Waals surface area (Å²) in [4.78, 5) is 27.1. The summed E-state index contributed by atoms with van der Waals surface area (Å²) in [5.74, 6) is 0.152. The van der Waals surface area contributed by atoms with E-state index in [2.05, 4.69) is 10.3 Å². The topological polar surface area (TPSA) is 126 Å². The normalized spacial score (nSPS) is 25.6. The van der Waals surface area contributed by atoms with Crippen LogP contribution in [0.2, 0.25) is 0 Å². The molecule has 0 aromatic rings. The maximum atomic E-state index is 11.4. The van der Waals surface area contributed by atoms with E-state index < -0.39 is 18.4 Å². The molecule has 2 amide bonds. The Morgan fingerprint density at radius 1 is 1.43 bits per heavy atom. The molecule has 1 aliphatic heterocycles. The number of nitrogens with one attached hydrogen (secondary N) is 1. The van der Waals surface area contributed by atoms with Gasteiger partial charge in [0, 0.05) is 38.4 Å². The van der Waals surface area contributed by atoms with E-state index in [9.17, 15) is 14.7 Å². The molecule has 9 nitrogen and oxygen atoms in total. The zero-order valence-corrected chi connectivity index (χ0v) is 17.3. The molecule has 1 heterocycles. The average molecular weight is 399 g/mol. The molecule has 1 aliphatic rings. The Bertz CT molecular complexity index is 567. The standard InChI is InChI=1S/C19H34N4O5/c1-5-8-15(25)21-9-7-10-27-17-14(6-2)28-19(16(17)26)23(4)11-13(3)18(20)22-12-24/h11-12,14,16-17,19,26H,5-10H2,1-4H3,(H,21,25)(H2,20,22,24)/b13-11-. The van der Waals surface area contributed by atoms with Gasteiger partial charge >= 0.3 is 0 Å². The third-order valence-electron chi connectivity index (χ3n) is 4.54. The van der Waals surface area contributed by atoms with Crippen molar-refractivity contribution in [2.45, 2.75) is 71.0 Å². The first-order valence-corrected chi connectivity index (χ1v) is 9.75. The third-order valence-corrected chi connectivity index (χ3v) is 4.54. The van der Waals surface area contributed by atoms with Crippen molar-refractivity contribution < 1.29 is 24.2 Å². The highest BCUT2D eigenvalue weighted by Crippen LogP contribution is 2.28. The highest BCUT2D eigenvalue weighted by Gasteiger charge is 2.45. The van der Waals surface area contributed by atoms with Crippen LogP contribution < -0.4 is 11.1 Å². The van der Waals surface area contributed by atoms with E-state index in [4.69, 9.17) is 15.2 Å². The maximum absolute atomic E-state index is 11.4. The van der Waals surface area contributed by atoms with Gasteiger partial charge < -0.3 is 30.5 Å². The van der Waals surface area contributed by atoms with Crippen molar-refractivity contribution in [1.29, 1.82) is 0 Å². The molecule has 0 aromatic heterocycles. The summed E-state index contributed by atoms with van der Waals surface area (Å²) >= 11 is 0. The summed E-state index contributed by atoms with van der Waals surface area (Å²) in [6.07, 6.45) is 2.60. The lowest BCUT2D eigenvalue weighted by Gasteiger charge is -2.26. The van der Waals surface area contributed by atoms with Crippen molar-refractivity contribution in [3.8, 4) is 0 Å². The van der Waals surface area contributed by atoms with Crippen LogP contribution in [-0.2, 0) is 19.1 Å². The lowest BCUT2D eigenvalue weighted by molar-refractivity contribution is -0.121. The van der Waals surface area contributed by atoms with Crippen LogP contribution in [0.5, 0.6) is 0 Å². The summed E-state index contributed by atoms with van der Waals surface area (Å²) < 4.78 is 11.8. The molecule has 1 saturated heterocycles. The Morgan fingerprint density at radius 2 is 2.14 bits per heavy atom. The second-order valence-corrected chi connectivity index (χ2v) is 6.85. The van der Waals surface area contributed by atoms with E-state index in [-0.39, 0.29) is 17.8 Å². The van der Waals surface area contributed by atoms with Gasteiger partial charge in [0.15, 0.2) is 6.23 Å². The number of carbonyl (C=O) groups is 2. The van der Waals surface area contributed by atoms with Gasteiger partial charge in [-0.2, -0.15) is 4.99 Å². The molecule has 4 unspecified atom stereocenters. The summed E-state index contributed by atoms with van der Waals surface area (Å²) in [5.41, 5.74) is 6.28. The van der Waals surface area contributed by atoms with Crippen LogP contribution in [0.1, 0.15) is 46.5 Å². The Labute approximate surface area is 167 Å². The maximum Gasteiger partial charge on any atom is 0.234 e. The SMILES string of the molecule is CCCC(=O)NCCCOC1C(CC)OC(N(C)/C=C(/C)C(N)=NC=O)C1O. The van der Waals surface area contributed by atoms with Crippen LogP contribution in [0.3, 0.4) is 0 Å². The van der Waals surface area contributed by atoms with Gasteiger partial charge in [0.2, 0.25) is 12.3 Å². The van der Waals surface area contributed by atoms with Crippen LogP contribution in [0.25, 0.3) is 0 Å². The van der Waals surface area contributed by atoms with Crippen LogP contribution in [-0.4, -0.2) is 72.9 Å². The molecule has 0 bridgehead atoms. The van der Waals surface area contributed by atoms with Crippen LogP contribution in [0.4, 0.5) is 0 Å². The lowest BCUT2D eigenvalue weighted by atomic mass is 10.1. The predicted octanol–water partition coefficient (Wildman–Crippen LogP) is 0.523. The van der Waals surface area contributed by atoms with Gasteiger partial charge in [-0.3, -0.25) is 9.59 Å². The zero-order valence-electron chi connectivity index (χ0n) is 17.3. The number of ether oxygens (including phenoxy) is 2. The quantitative estimate of drug-likeness (QED) is 0.189. The van der Waals surface area contributed by atoms with Gasteiger partial charge in [-0.15, -0.1) is 0 Å². The monoisotopic (exact) mass is 398 g/mol. The van der Waals surface area contributed by atoms with E-state index >= 15 is 0 Å². The van der Waals surface area contributed by atoms with Gasteiger partial charge in [-0.1, -0.05) is 13.8 Å². The number of hydrogen-bond acceptors (Lipinski definition) is 6. The van der Waals surface area contributed by atoms with Gasteiger partial charge in [-0.05, 0) is 26.2 Å². The Kier molecular flexibility index (Phi) is 10.7. The molecular weight excluding hydrogens is 364 g/mol. The minimum Gasteiger partial charge on any atom is -0.386 e. The van der Waals surface area contributed by atoms with Crippen LogP contribution >= 0.6 is 0 Å². The number of hydrogen-bond donors (Lipinski definition) is 3. The molecule has 0 radical (unpaired) electrons.